The summed E-state index contributed by atoms with van der Waals surface area (Å²) in [5, 5.41) is 0.797. The van der Waals surface area contributed by atoms with Crippen LogP contribution < -0.4 is 10.5 Å². The molecule has 0 fully saturated rings. The highest BCUT2D eigenvalue weighted by Crippen LogP contribution is 2.42. The summed E-state index contributed by atoms with van der Waals surface area (Å²) in [5.74, 6) is -1.97. The van der Waals surface area contributed by atoms with Gasteiger partial charge in [-0.1, -0.05) is 32.9 Å². The molecule has 2 aromatic carbocycles. The van der Waals surface area contributed by atoms with Crippen LogP contribution in [0, 0.1) is 17.5 Å². The van der Waals surface area contributed by atoms with E-state index in [0.29, 0.717) is 28.2 Å². The first-order chi connectivity index (χ1) is 15.6. The zero-order valence-corrected chi connectivity index (χ0v) is 19.6. The fraction of sp³-hybridized carbons (Fsp3) is 0.174. The summed E-state index contributed by atoms with van der Waals surface area (Å²) in [7, 11) is 0. The van der Waals surface area contributed by atoms with Crippen LogP contribution in [0.5, 0.6) is 0 Å². The number of nitrogen functional groups attached to an aromatic ring is 1. The van der Waals surface area contributed by atoms with Crippen LogP contribution >= 0.6 is 23.3 Å². The van der Waals surface area contributed by atoms with Gasteiger partial charge in [-0.15, -0.1) is 11.3 Å². The van der Waals surface area contributed by atoms with E-state index in [2.05, 4.69) is 14.7 Å². The molecule has 0 aliphatic rings. The van der Waals surface area contributed by atoms with Crippen LogP contribution in [-0.2, 0) is 5.41 Å². The first-order valence-corrected chi connectivity index (χ1v) is 11.5. The molecular formula is C23H20F3N5S2. The maximum Gasteiger partial charge on any atom is 0.220 e. The fourth-order valence-corrected chi connectivity index (χ4v) is 4.78. The minimum Gasteiger partial charge on any atom is -0.368 e. The Bertz CT molecular complexity index is 1300. The lowest BCUT2D eigenvalue weighted by atomic mass is 9.98. The number of thiazole rings is 1. The van der Waals surface area contributed by atoms with E-state index in [-0.39, 0.29) is 27.5 Å². The lowest BCUT2D eigenvalue weighted by molar-refractivity contribution is 0.541. The number of hydrogen-bond acceptors (Lipinski definition) is 7. The molecule has 4 rings (SSSR count). The molecule has 0 bridgehead atoms. The zero-order chi connectivity index (χ0) is 23.8. The SMILES string of the molecule is CC(C)(C)c1nc(-c2cccc(NSc3c(F)cccc3F)c2F)c(-c2ccnc(N)n2)s1. The molecule has 4 aromatic rings. The highest BCUT2D eigenvalue weighted by molar-refractivity contribution is 8.00. The molecule has 0 spiro atoms. The molecule has 2 heterocycles. The summed E-state index contributed by atoms with van der Waals surface area (Å²) in [5.41, 5.74) is 6.73. The van der Waals surface area contributed by atoms with Gasteiger partial charge in [0, 0.05) is 17.2 Å². The molecule has 3 N–H and O–H groups in total. The third kappa shape index (κ3) is 4.81. The second-order valence-electron chi connectivity index (χ2n) is 8.17. The van der Waals surface area contributed by atoms with E-state index in [4.69, 9.17) is 10.7 Å². The van der Waals surface area contributed by atoms with Crippen LogP contribution in [0.25, 0.3) is 21.8 Å². The molecule has 5 nitrogen and oxygen atoms in total. The Morgan fingerprint density at radius 1 is 0.970 bits per heavy atom. The van der Waals surface area contributed by atoms with Gasteiger partial charge >= 0.3 is 0 Å². The number of nitrogens with zero attached hydrogens (tertiary/aromatic N) is 3. The lowest BCUT2D eigenvalue weighted by Crippen LogP contribution is -2.10. The maximum absolute atomic E-state index is 15.6. The highest BCUT2D eigenvalue weighted by atomic mass is 32.2. The van der Waals surface area contributed by atoms with Gasteiger partial charge in [-0.3, -0.25) is 0 Å². The summed E-state index contributed by atoms with van der Waals surface area (Å²) in [6.07, 6.45) is 1.53. The average Bonchev–Trinajstić information content (AvgIpc) is 3.20. The molecule has 2 aromatic heterocycles. The number of nitrogens with one attached hydrogen (secondary N) is 1. The van der Waals surface area contributed by atoms with E-state index in [1.165, 1.54) is 29.7 Å². The van der Waals surface area contributed by atoms with E-state index in [9.17, 15) is 8.78 Å². The van der Waals surface area contributed by atoms with E-state index >= 15 is 4.39 Å². The topological polar surface area (TPSA) is 76.7 Å². The number of nitrogens with two attached hydrogens (primary N) is 1. The molecule has 0 saturated carbocycles. The molecule has 0 aliphatic carbocycles. The fourth-order valence-electron chi connectivity index (χ4n) is 2.98. The molecule has 33 heavy (non-hydrogen) atoms. The van der Waals surface area contributed by atoms with Crippen LogP contribution in [-0.4, -0.2) is 15.0 Å². The van der Waals surface area contributed by atoms with Gasteiger partial charge in [-0.25, -0.2) is 28.1 Å². The second kappa shape index (κ2) is 9.03. The summed E-state index contributed by atoms with van der Waals surface area (Å²) in [6.45, 7) is 6.05. The van der Waals surface area contributed by atoms with Gasteiger partial charge in [-0.2, -0.15) is 0 Å². The largest absolute Gasteiger partial charge is 0.368 e. The minimum absolute atomic E-state index is 0.0682. The Kier molecular flexibility index (Phi) is 6.31. The molecule has 0 radical (unpaired) electrons. The van der Waals surface area contributed by atoms with Gasteiger partial charge < -0.3 is 10.5 Å². The monoisotopic (exact) mass is 487 g/mol. The number of halogens is 3. The van der Waals surface area contributed by atoms with E-state index in [1.807, 2.05) is 20.8 Å². The summed E-state index contributed by atoms with van der Waals surface area (Å²) >= 11 is 2.07. The van der Waals surface area contributed by atoms with Gasteiger partial charge in [0.15, 0.2) is 5.82 Å². The van der Waals surface area contributed by atoms with Crippen molar-refractivity contribution >= 4 is 34.9 Å². The van der Waals surface area contributed by atoms with Gasteiger partial charge in [0.2, 0.25) is 5.95 Å². The highest BCUT2D eigenvalue weighted by Gasteiger charge is 2.26. The van der Waals surface area contributed by atoms with Gasteiger partial charge in [0.05, 0.1) is 31.9 Å². The number of hydrogen-bond donors (Lipinski definition) is 2. The second-order valence-corrected chi connectivity index (χ2v) is 9.98. The number of aromatic nitrogens is 3. The Labute approximate surface area is 197 Å². The number of rotatable bonds is 5. The van der Waals surface area contributed by atoms with Crippen LogP contribution in [0.15, 0.2) is 53.6 Å². The Balaban J connectivity index is 1.77. The standard InChI is InChI=1S/C23H20F3N5S2/c1-23(2,3)21-30-18(20(32-21)16-10-11-28-22(27)29-16)12-6-4-9-15(17(12)26)31-33-19-13(24)7-5-8-14(19)25/h4-11,31H,1-3H3,(H2,27,28,29). The minimum atomic E-state index is -0.734. The molecule has 170 valence electrons. The van der Waals surface area contributed by atoms with Crippen molar-refractivity contribution in [1.82, 2.24) is 15.0 Å². The normalized spacial score (nSPS) is 11.6. The Morgan fingerprint density at radius 2 is 1.67 bits per heavy atom. The van der Waals surface area contributed by atoms with Crippen molar-refractivity contribution in [2.75, 3.05) is 10.5 Å². The third-order valence-electron chi connectivity index (χ3n) is 4.61. The van der Waals surface area contributed by atoms with E-state index in [0.717, 1.165) is 17.1 Å². The summed E-state index contributed by atoms with van der Waals surface area (Å²) in [6, 6.07) is 9.98. The van der Waals surface area contributed by atoms with Crippen molar-refractivity contribution in [3.8, 4) is 21.8 Å². The smallest absolute Gasteiger partial charge is 0.220 e. The molecule has 10 heteroatoms. The van der Waals surface area contributed by atoms with E-state index in [1.54, 1.807) is 18.2 Å². The van der Waals surface area contributed by atoms with E-state index < -0.39 is 17.5 Å². The molecule has 0 amide bonds. The lowest BCUT2D eigenvalue weighted by Gasteiger charge is -2.13. The van der Waals surface area contributed by atoms with Gasteiger partial charge in [0.1, 0.15) is 11.6 Å². The Morgan fingerprint density at radius 3 is 2.33 bits per heavy atom. The third-order valence-corrected chi connectivity index (χ3v) is 7.03. The van der Waals surface area contributed by atoms with Gasteiger partial charge in [0.25, 0.3) is 0 Å². The molecule has 0 saturated heterocycles. The Hall–Kier alpha value is -3.11. The van der Waals surface area contributed by atoms with Crippen molar-refractivity contribution < 1.29 is 13.2 Å². The van der Waals surface area contributed by atoms with Crippen LogP contribution in [0.4, 0.5) is 24.8 Å². The van der Waals surface area contributed by atoms with Crippen LogP contribution in [0.1, 0.15) is 25.8 Å². The summed E-state index contributed by atoms with van der Waals surface area (Å²) < 4.78 is 46.2. The zero-order valence-electron chi connectivity index (χ0n) is 18.0. The predicted octanol–water partition coefficient (Wildman–Crippen LogP) is 6.68. The maximum atomic E-state index is 15.6. The molecule has 0 aliphatic heterocycles. The van der Waals surface area contributed by atoms with Crippen molar-refractivity contribution in [2.45, 2.75) is 31.1 Å². The first-order valence-electron chi connectivity index (χ1n) is 9.91. The van der Waals surface area contributed by atoms with Crippen LogP contribution in [0.2, 0.25) is 0 Å². The van der Waals surface area contributed by atoms with Gasteiger partial charge in [-0.05, 0) is 42.3 Å². The average molecular weight is 488 g/mol. The molecule has 0 atom stereocenters. The molecule has 0 unspecified atom stereocenters. The summed E-state index contributed by atoms with van der Waals surface area (Å²) in [4.78, 5) is 13.3. The van der Waals surface area contributed by atoms with Crippen LogP contribution in [0.3, 0.4) is 0 Å². The van der Waals surface area contributed by atoms with Crippen molar-refractivity contribution in [3.05, 3.63) is 71.1 Å². The van der Waals surface area contributed by atoms with Crippen molar-refractivity contribution in [1.29, 1.82) is 0 Å². The first kappa shape index (κ1) is 23.1. The molecular weight excluding hydrogens is 467 g/mol. The van der Waals surface area contributed by atoms with Crippen molar-refractivity contribution in [2.24, 2.45) is 0 Å². The number of anilines is 2. The van der Waals surface area contributed by atoms with Crippen molar-refractivity contribution in [3.63, 3.8) is 0 Å². The predicted molar refractivity (Wildman–Crippen MR) is 127 cm³/mol. The quantitative estimate of drug-likeness (QED) is 0.306. The number of benzene rings is 2.